The van der Waals surface area contributed by atoms with Crippen LogP contribution in [0.15, 0.2) is 24.8 Å². The zero-order chi connectivity index (χ0) is 23.5. The molecular formula is C20H27F3O7S. The quantitative estimate of drug-likeness (QED) is 0.125. The zero-order valence-electron chi connectivity index (χ0n) is 17.5. The summed E-state index contributed by atoms with van der Waals surface area (Å²) in [6.07, 6.45) is 8.29. The van der Waals surface area contributed by atoms with Gasteiger partial charge in [0, 0.05) is 12.1 Å². The van der Waals surface area contributed by atoms with Gasteiger partial charge in [-0.1, -0.05) is 31.8 Å². The van der Waals surface area contributed by atoms with E-state index in [1.807, 2.05) is 6.08 Å². The predicted molar refractivity (Wildman–Crippen MR) is 108 cm³/mol. The molecule has 7 nitrogen and oxygen atoms in total. The van der Waals surface area contributed by atoms with E-state index < -0.39 is 32.9 Å². The molecule has 11 heteroatoms. The fourth-order valence-electron chi connectivity index (χ4n) is 2.61. The van der Waals surface area contributed by atoms with Crippen molar-refractivity contribution in [3.8, 4) is 17.2 Å². The van der Waals surface area contributed by atoms with Gasteiger partial charge in [-0.2, -0.15) is 21.6 Å². The molecule has 0 heterocycles. The smallest absolute Gasteiger partial charge is 0.496 e. The summed E-state index contributed by atoms with van der Waals surface area (Å²) < 4.78 is 80.3. The molecule has 0 saturated heterocycles. The lowest BCUT2D eigenvalue weighted by Gasteiger charge is -2.16. The molecule has 176 valence electrons. The Labute approximate surface area is 180 Å². The highest BCUT2D eigenvalue weighted by atomic mass is 32.2. The van der Waals surface area contributed by atoms with Gasteiger partial charge >= 0.3 is 21.6 Å². The van der Waals surface area contributed by atoms with Gasteiger partial charge in [-0.15, -0.1) is 6.58 Å². The van der Waals surface area contributed by atoms with Crippen LogP contribution in [0.1, 0.15) is 55.3 Å². The molecule has 0 amide bonds. The number of benzene rings is 1. The van der Waals surface area contributed by atoms with Crippen molar-refractivity contribution in [3.63, 3.8) is 0 Å². The Morgan fingerprint density at radius 2 is 1.58 bits per heavy atom. The van der Waals surface area contributed by atoms with Gasteiger partial charge in [-0.05, 0) is 19.3 Å². The molecule has 0 radical (unpaired) electrons. The van der Waals surface area contributed by atoms with Crippen molar-refractivity contribution in [2.24, 2.45) is 0 Å². The largest absolute Gasteiger partial charge is 0.534 e. The number of carbonyl (C=O) groups is 1. The van der Waals surface area contributed by atoms with E-state index in [0.717, 1.165) is 51.7 Å². The Morgan fingerprint density at radius 3 is 2.13 bits per heavy atom. The topological polar surface area (TPSA) is 88.1 Å². The minimum absolute atomic E-state index is 0.00609. The molecule has 0 spiro atoms. The molecule has 0 aliphatic carbocycles. The molecule has 0 fully saturated rings. The van der Waals surface area contributed by atoms with Gasteiger partial charge in [0.05, 0.1) is 20.8 Å². The summed E-state index contributed by atoms with van der Waals surface area (Å²) in [5.74, 6) is -2.30. The maximum atomic E-state index is 12.7. The first-order chi connectivity index (χ1) is 14.6. The number of hydrogen-bond donors (Lipinski definition) is 0. The summed E-state index contributed by atoms with van der Waals surface area (Å²) in [6.45, 7) is 3.66. The number of methoxy groups -OCH3 is 2. The summed E-state index contributed by atoms with van der Waals surface area (Å²) in [7, 11) is -3.67. The summed E-state index contributed by atoms with van der Waals surface area (Å²) in [5.41, 5.74) is -6.27. The van der Waals surface area contributed by atoms with Crippen molar-refractivity contribution in [2.75, 3.05) is 20.8 Å². The number of unbranched alkanes of at least 4 members (excludes halogenated alkanes) is 6. The number of halogens is 3. The first kappa shape index (κ1) is 26.6. The van der Waals surface area contributed by atoms with Crippen molar-refractivity contribution in [3.05, 3.63) is 30.4 Å². The average molecular weight is 468 g/mol. The maximum absolute atomic E-state index is 12.7. The van der Waals surface area contributed by atoms with Crippen LogP contribution < -0.4 is 13.7 Å². The van der Waals surface area contributed by atoms with E-state index in [9.17, 15) is 26.4 Å². The number of carbonyl (C=O) groups excluding carboxylic acids is 1. The summed E-state index contributed by atoms with van der Waals surface area (Å²) >= 11 is 0. The highest BCUT2D eigenvalue weighted by Crippen LogP contribution is 2.37. The lowest BCUT2D eigenvalue weighted by Crippen LogP contribution is -2.28. The van der Waals surface area contributed by atoms with Crippen molar-refractivity contribution in [1.29, 1.82) is 0 Å². The van der Waals surface area contributed by atoms with Crippen LogP contribution in [0.2, 0.25) is 0 Å². The van der Waals surface area contributed by atoms with Gasteiger partial charge in [0.2, 0.25) is 0 Å². The number of esters is 1. The average Bonchev–Trinajstić information content (AvgIpc) is 2.70. The molecule has 1 aromatic carbocycles. The van der Waals surface area contributed by atoms with Crippen molar-refractivity contribution in [2.45, 2.75) is 50.5 Å². The van der Waals surface area contributed by atoms with Crippen LogP contribution in [0.25, 0.3) is 0 Å². The van der Waals surface area contributed by atoms with Gasteiger partial charge < -0.3 is 18.4 Å². The first-order valence-corrected chi connectivity index (χ1v) is 11.0. The molecule has 0 N–H and O–H groups in total. The molecule has 0 saturated carbocycles. The third-order valence-corrected chi connectivity index (χ3v) is 5.18. The van der Waals surface area contributed by atoms with Crippen LogP contribution in [0, 0.1) is 0 Å². The lowest BCUT2D eigenvalue weighted by molar-refractivity contribution is -0.0500. The highest BCUT2D eigenvalue weighted by molar-refractivity contribution is 7.88. The first-order valence-electron chi connectivity index (χ1n) is 9.62. The number of hydrogen-bond acceptors (Lipinski definition) is 7. The Balaban J connectivity index is 2.87. The normalized spacial score (nSPS) is 11.6. The number of rotatable bonds is 14. The molecule has 31 heavy (non-hydrogen) atoms. The Morgan fingerprint density at radius 1 is 1.00 bits per heavy atom. The molecule has 0 aliphatic rings. The number of ether oxygens (including phenoxy) is 3. The van der Waals surface area contributed by atoms with E-state index in [1.165, 1.54) is 13.2 Å². The van der Waals surface area contributed by atoms with Crippen LogP contribution >= 0.6 is 0 Å². The molecular weight excluding hydrogens is 441 g/mol. The highest BCUT2D eigenvalue weighted by Gasteiger charge is 2.49. The van der Waals surface area contributed by atoms with Crippen molar-refractivity contribution in [1.82, 2.24) is 0 Å². The third-order valence-electron chi connectivity index (χ3n) is 4.22. The monoisotopic (exact) mass is 468 g/mol. The van der Waals surface area contributed by atoms with Gasteiger partial charge in [0.15, 0.2) is 5.75 Å². The van der Waals surface area contributed by atoms with Crippen molar-refractivity contribution >= 4 is 16.1 Å². The summed E-state index contributed by atoms with van der Waals surface area (Å²) in [4.78, 5) is 12.5. The Hall–Kier alpha value is -2.43. The van der Waals surface area contributed by atoms with E-state index in [1.54, 1.807) is 0 Å². The van der Waals surface area contributed by atoms with Gasteiger partial charge in [0.25, 0.3) is 0 Å². The molecule has 0 atom stereocenters. The number of allylic oxidation sites excluding steroid dienone is 1. The Kier molecular flexibility index (Phi) is 10.7. The van der Waals surface area contributed by atoms with Crippen LogP contribution in [0.3, 0.4) is 0 Å². The molecule has 1 aromatic rings. The van der Waals surface area contributed by atoms with E-state index in [2.05, 4.69) is 10.8 Å². The summed E-state index contributed by atoms with van der Waals surface area (Å²) in [6, 6.07) is 2.04. The third kappa shape index (κ3) is 8.31. The second-order valence-electron chi connectivity index (χ2n) is 6.52. The molecule has 0 aromatic heterocycles. The van der Waals surface area contributed by atoms with Crippen LogP contribution in [0.4, 0.5) is 13.2 Å². The molecule has 0 bridgehead atoms. The van der Waals surface area contributed by atoms with Crippen molar-refractivity contribution < 1.29 is 44.8 Å². The van der Waals surface area contributed by atoms with E-state index in [-0.39, 0.29) is 18.1 Å². The number of alkyl halides is 3. The van der Waals surface area contributed by atoms with Gasteiger partial charge in [-0.25, -0.2) is 4.79 Å². The van der Waals surface area contributed by atoms with Gasteiger partial charge in [0.1, 0.15) is 17.1 Å². The van der Waals surface area contributed by atoms with E-state index >= 15 is 0 Å². The summed E-state index contributed by atoms with van der Waals surface area (Å²) in [5, 5.41) is 0. The SMILES string of the molecule is C=CCCCCCCCCOC(=O)c1c(OC)cc(OC)cc1OS(=O)(=O)C(F)(F)F. The minimum Gasteiger partial charge on any atom is -0.496 e. The molecule has 0 aliphatic heterocycles. The van der Waals surface area contributed by atoms with Crippen LogP contribution in [-0.4, -0.2) is 40.7 Å². The van der Waals surface area contributed by atoms with Crippen LogP contribution in [0.5, 0.6) is 17.2 Å². The fourth-order valence-corrected chi connectivity index (χ4v) is 3.07. The Bertz CT molecular complexity index is 836. The second kappa shape index (κ2) is 12.4. The molecule has 0 unspecified atom stereocenters. The fraction of sp³-hybridized carbons (Fsp3) is 0.550. The second-order valence-corrected chi connectivity index (χ2v) is 8.06. The standard InChI is InChI=1S/C20H27F3O7S/c1-4-5-6-7-8-9-10-11-12-29-19(24)18-16(28-3)13-15(27-2)14-17(18)30-31(25,26)20(21,22)23/h4,13-14H,1,5-12H2,2-3H3. The zero-order valence-corrected chi connectivity index (χ0v) is 18.3. The van der Waals surface area contributed by atoms with E-state index in [4.69, 9.17) is 14.2 Å². The van der Waals surface area contributed by atoms with Gasteiger partial charge in [-0.3, -0.25) is 0 Å². The maximum Gasteiger partial charge on any atom is 0.534 e. The molecule has 1 rings (SSSR count). The predicted octanol–water partition coefficient (Wildman–Crippen LogP) is 5.01. The minimum atomic E-state index is -6.02. The lowest BCUT2D eigenvalue weighted by atomic mass is 10.1. The van der Waals surface area contributed by atoms with Crippen LogP contribution in [-0.2, 0) is 14.9 Å². The van der Waals surface area contributed by atoms with E-state index in [0.29, 0.717) is 6.42 Å².